The fourth-order valence-corrected chi connectivity index (χ4v) is 6.71. The van der Waals surface area contributed by atoms with E-state index in [2.05, 4.69) is 48.2 Å². The van der Waals surface area contributed by atoms with Crippen LogP contribution in [0, 0.1) is 0 Å². The molecule has 1 fully saturated rings. The molecule has 42 heavy (non-hydrogen) atoms. The molecule has 2 N–H and O–H groups in total. The molecule has 1 aliphatic carbocycles. The van der Waals surface area contributed by atoms with Crippen LogP contribution < -0.4 is 10.6 Å². The minimum absolute atomic E-state index is 0.184. The number of carbonyl (C=O) groups is 1. The van der Waals surface area contributed by atoms with Gasteiger partial charge in [-0.2, -0.15) is 0 Å². The molecule has 2 amide bonds. The Hall–Kier alpha value is -3.93. The minimum Gasteiger partial charge on any atom is -0.379 e. The maximum Gasteiger partial charge on any atom is 0.324 e. The molecule has 218 valence electrons. The molecule has 10 nitrogen and oxygen atoms in total. The van der Waals surface area contributed by atoms with E-state index in [0.717, 1.165) is 68.5 Å². The summed E-state index contributed by atoms with van der Waals surface area (Å²) in [6, 6.07) is 9.10. The number of hydrogen-bond donors (Lipinski definition) is 2. The summed E-state index contributed by atoms with van der Waals surface area (Å²) in [7, 11) is 0. The lowest BCUT2D eigenvalue weighted by atomic mass is 9.93. The van der Waals surface area contributed by atoms with Crippen molar-refractivity contribution >= 4 is 33.8 Å². The number of imidazole rings is 1. The highest BCUT2D eigenvalue weighted by atomic mass is 32.1. The number of urea groups is 1. The second kappa shape index (κ2) is 10.7. The smallest absolute Gasteiger partial charge is 0.324 e. The van der Waals surface area contributed by atoms with Crippen LogP contribution in [0.5, 0.6) is 0 Å². The molecule has 5 aromatic rings. The van der Waals surface area contributed by atoms with Crippen molar-refractivity contribution in [1.29, 1.82) is 0 Å². The summed E-state index contributed by atoms with van der Waals surface area (Å²) in [4.78, 5) is 22.4. The lowest BCUT2D eigenvalue weighted by Gasteiger charge is -2.26. The number of morpholine rings is 1. The zero-order valence-corrected chi connectivity index (χ0v) is 25.0. The topological polar surface area (TPSA) is 102 Å². The number of anilines is 2. The number of ether oxygens (including phenoxy) is 1. The molecule has 0 spiro atoms. The van der Waals surface area contributed by atoms with Gasteiger partial charge in [0.1, 0.15) is 5.76 Å². The van der Waals surface area contributed by atoms with E-state index in [9.17, 15) is 4.79 Å². The second-order valence-electron chi connectivity index (χ2n) is 12.0. The predicted molar refractivity (Wildman–Crippen MR) is 164 cm³/mol. The number of nitrogens with one attached hydrogen (secondary N) is 2. The molecule has 5 heterocycles. The Morgan fingerprint density at radius 2 is 1.83 bits per heavy atom. The number of benzene rings is 1. The summed E-state index contributed by atoms with van der Waals surface area (Å²) in [6.45, 7) is 11.8. The van der Waals surface area contributed by atoms with Gasteiger partial charge in [0.15, 0.2) is 10.8 Å². The van der Waals surface area contributed by atoms with Gasteiger partial charge in [0, 0.05) is 77.9 Å². The van der Waals surface area contributed by atoms with E-state index in [4.69, 9.17) is 14.2 Å². The third kappa shape index (κ3) is 5.35. The molecule has 0 unspecified atom stereocenters. The van der Waals surface area contributed by atoms with Crippen molar-refractivity contribution in [2.24, 2.45) is 0 Å². The number of nitrogens with zero attached hydrogens (tertiary/aromatic N) is 5. The molecule has 4 aromatic heterocycles. The first-order valence-electron chi connectivity index (χ1n) is 14.5. The highest BCUT2D eigenvalue weighted by Crippen LogP contribution is 2.40. The molecule has 0 radical (unpaired) electrons. The quantitative estimate of drug-likeness (QED) is 0.258. The number of amides is 2. The van der Waals surface area contributed by atoms with Crippen LogP contribution in [0.25, 0.3) is 27.5 Å². The zero-order valence-electron chi connectivity index (χ0n) is 24.1. The standard InChI is InChI=1S/C31H35N7O3S/c1-31(2,3)26-16-27(35-41-26)34-29(39)32-22-7-4-20(5-8-22)24-19-38-28-23-18-37(11-10-36-12-14-40-15-13-36)17-21(23)6-9-25(28)42-30(38)33-24/h4-5,7-8,16-19H,6,9-15H2,1-3H3,(H2,32,34,35,39). The van der Waals surface area contributed by atoms with Crippen LogP contribution in [0.3, 0.4) is 0 Å². The molecule has 1 aliphatic heterocycles. The van der Waals surface area contributed by atoms with Crippen molar-refractivity contribution in [3.8, 4) is 22.5 Å². The number of carbonyl (C=O) groups excluding carboxylic acids is 1. The zero-order chi connectivity index (χ0) is 28.8. The second-order valence-corrected chi connectivity index (χ2v) is 13.1. The normalized spacial score (nSPS) is 15.5. The first-order chi connectivity index (χ1) is 20.3. The molecule has 1 aromatic carbocycles. The lowest BCUT2D eigenvalue weighted by molar-refractivity contribution is 0.0364. The molecule has 0 atom stereocenters. The summed E-state index contributed by atoms with van der Waals surface area (Å²) in [5.74, 6) is 1.09. The van der Waals surface area contributed by atoms with Crippen LogP contribution in [0.2, 0.25) is 0 Å². The van der Waals surface area contributed by atoms with E-state index < -0.39 is 0 Å². The number of thiazole rings is 1. The van der Waals surface area contributed by atoms with E-state index in [1.807, 2.05) is 45.0 Å². The Morgan fingerprint density at radius 3 is 2.60 bits per heavy atom. The molecular weight excluding hydrogens is 550 g/mol. The van der Waals surface area contributed by atoms with Gasteiger partial charge in [-0.25, -0.2) is 9.78 Å². The van der Waals surface area contributed by atoms with Gasteiger partial charge in [0.25, 0.3) is 0 Å². The van der Waals surface area contributed by atoms with Gasteiger partial charge < -0.3 is 19.1 Å². The lowest BCUT2D eigenvalue weighted by Crippen LogP contribution is -2.38. The first-order valence-corrected chi connectivity index (χ1v) is 15.3. The largest absolute Gasteiger partial charge is 0.379 e. The van der Waals surface area contributed by atoms with Crippen LogP contribution in [-0.2, 0) is 29.5 Å². The molecular formula is C31H35N7O3S. The van der Waals surface area contributed by atoms with Crippen LogP contribution in [0.15, 0.2) is 53.4 Å². The monoisotopic (exact) mass is 585 g/mol. The number of fused-ring (bicyclic) bond motifs is 5. The maximum absolute atomic E-state index is 12.5. The van der Waals surface area contributed by atoms with Gasteiger partial charge >= 0.3 is 6.03 Å². The highest BCUT2D eigenvalue weighted by molar-refractivity contribution is 7.17. The first kappa shape index (κ1) is 26.9. The Labute approximate surface area is 248 Å². The van der Waals surface area contributed by atoms with Crippen molar-refractivity contribution in [2.75, 3.05) is 43.5 Å². The third-order valence-electron chi connectivity index (χ3n) is 7.94. The van der Waals surface area contributed by atoms with E-state index in [-0.39, 0.29) is 11.4 Å². The Balaban J connectivity index is 1.05. The number of rotatable bonds is 6. The SMILES string of the molecule is CC(C)(C)c1cc(NC(=O)Nc2ccc(-c3cn4c5c(sc4n3)CCc3cn(CCN4CCOCC4)cc3-5)cc2)no1. The fraction of sp³-hybridized carbons (Fsp3) is 0.387. The highest BCUT2D eigenvalue weighted by Gasteiger charge is 2.25. The minimum atomic E-state index is -0.377. The van der Waals surface area contributed by atoms with Gasteiger partial charge in [-0.05, 0) is 30.5 Å². The summed E-state index contributed by atoms with van der Waals surface area (Å²) >= 11 is 1.78. The van der Waals surface area contributed by atoms with E-state index in [1.54, 1.807) is 17.4 Å². The van der Waals surface area contributed by atoms with Crippen LogP contribution in [0.1, 0.15) is 37.0 Å². The molecule has 11 heteroatoms. The van der Waals surface area contributed by atoms with Crippen molar-refractivity contribution < 1.29 is 14.1 Å². The number of hydrogen-bond acceptors (Lipinski definition) is 7. The predicted octanol–water partition coefficient (Wildman–Crippen LogP) is 5.89. The summed E-state index contributed by atoms with van der Waals surface area (Å²) < 4.78 is 15.4. The van der Waals surface area contributed by atoms with Crippen molar-refractivity contribution in [1.82, 2.24) is 24.0 Å². The van der Waals surface area contributed by atoms with E-state index in [1.165, 1.54) is 21.7 Å². The summed E-state index contributed by atoms with van der Waals surface area (Å²) in [5.41, 5.74) is 6.41. The van der Waals surface area contributed by atoms with Crippen molar-refractivity contribution in [2.45, 2.75) is 45.6 Å². The Morgan fingerprint density at radius 1 is 1.02 bits per heavy atom. The van der Waals surface area contributed by atoms with Crippen LogP contribution in [-0.4, -0.2) is 62.9 Å². The van der Waals surface area contributed by atoms with Crippen LogP contribution in [0.4, 0.5) is 16.3 Å². The van der Waals surface area contributed by atoms with Gasteiger partial charge in [0.05, 0.1) is 24.6 Å². The van der Waals surface area contributed by atoms with E-state index >= 15 is 0 Å². The molecule has 7 rings (SSSR count). The van der Waals surface area contributed by atoms with Gasteiger partial charge in [-0.3, -0.25) is 14.6 Å². The van der Waals surface area contributed by atoms with Gasteiger partial charge in [0.2, 0.25) is 0 Å². The van der Waals surface area contributed by atoms with Crippen molar-refractivity contribution in [3.63, 3.8) is 0 Å². The van der Waals surface area contributed by atoms with Crippen LogP contribution >= 0.6 is 11.3 Å². The molecule has 2 aliphatic rings. The molecule has 0 bridgehead atoms. The average Bonchev–Trinajstić information content (AvgIpc) is 3.75. The fourth-order valence-electron chi connectivity index (χ4n) is 5.59. The van der Waals surface area contributed by atoms with Gasteiger partial charge in [-0.1, -0.05) is 38.1 Å². The number of aryl methyl sites for hydroxylation is 2. The number of aromatic nitrogens is 4. The van der Waals surface area contributed by atoms with E-state index in [0.29, 0.717) is 17.3 Å². The molecule has 1 saturated heterocycles. The maximum atomic E-state index is 12.5. The third-order valence-corrected chi connectivity index (χ3v) is 9.05. The molecule has 0 saturated carbocycles. The summed E-state index contributed by atoms with van der Waals surface area (Å²) in [5, 5.41) is 9.53. The average molecular weight is 586 g/mol. The summed E-state index contributed by atoms with van der Waals surface area (Å²) in [6.07, 6.45) is 8.90. The Kier molecular flexibility index (Phi) is 6.88. The van der Waals surface area contributed by atoms with Crippen molar-refractivity contribution in [3.05, 3.63) is 65.1 Å². The Bertz CT molecular complexity index is 1730. The van der Waals surface area contributed by atoms with Gasteiger partial charge in [-0.15, -0.1) is 11.3 Å².